The van der Waals surface area contributed by atoms with Crippen LogP contribution in [0, 0.1) is 11.3 Å². The monoisotopic (exact) mass is 490 g/mol. The Bertz CT molecular complexity index is 1280. The third-order valence-electron chi connectivity index (χ3n) is 4.22. The van der Waals surface area contributed by atoms with Gasteiger partial charge in [-0.2, -0.15) is 18.4 Å². The number of thiazole rings is 1. The van der Waals surface area contributed by atoms with Crippen molar-refractivity contribution in [2.24, 2.45) is 0 Å². The second kappa shape index (κ2) is 9.85. The van der Waals surface area contributed by atoms with Gasteiger partial charge in [-0.25, -0.2) is 4.98 Å². The van der Waals surface area contributed by atoms with Crippen LogP contribution in [0.15, 0.2) is 59.5 Å². The lowest BCUT2D eigenvalue weighted by atomic mass is 10.1. The Hall–Kier alpha value is -3.68. The molecular formula is C22H14ClF3N4O2S. The molecule has 0 aliphatic carbocycles. The summed E-state index contributed by atoms with van der Waals surface area (Å²) in [6.07, 6.45) is -3.55. The number of anilines is 3. The maximum atomic E-state index is 13.2. The Morgan fingerprint density at radius 2 is 1.94 bits per heavy atom. The number of halogens is 4. The minimum atomic E-state index is -4.68. The molecule has 1 N–H and O–H groups in total. The molecule has 6 nitrogen and oxygen atoms in total. The molecule has 0 radical (unpaired) electrons. The van der Waals surface area contributed by atoms with Gasteiger partial charge in [0, 0.05) is 17.3 Å². The fraction of sp³-hybridized carbons (Fsp3) is 0.0909. The summed E-state index contributed by atoms with van der Waals surface area (Å²) in [5.74, 6) is -1.37. The summed E-state index contributed by atoms with van der Waals surface area (Å²) < 4.78 is 39.5. The van der Waals surface area contributed by atoms with E-state index in [1.165, 1.54) is 29.3 Å². The molecule has 2 amide bonds. The van der Waals surface area contributed by atoms with Gasteiger partial charge in [-0.3, -0.25) is 14.5 Å². The number of benzene rings is 2. The Labute approximate surface area is 195 Å². The quantitative estimate of drug-likeness (QED) is 0.348. The molecule has 3 rings (SSSR count). The van der Waals surface area contributed by atoms with Crippen molar-refractivity contribution in [1.82, 2.24) is 4.98 Å². The van der Waals surface area contributed by atoms with Crippen molar-refractivity contribution in [2.45, 2.75) is 13.1 Å². The Kier molecular flexibility index (Phi) is 7.16. The van der Waals surface area contributed by atoms with E-state index in [0.29, 0.717) is 10.7 Å². The van der Waals surface area contributed by atoms with E-state index in [-0.39, 0.29) is 16.7 Å². The summed E-state index contributed by atoms with van der Waals surface area (Å²) in [4.78, 5) is 30.2. The van der Waals surface area contributed by atoms with E-state index >= 15 is 0 Å². The number of aromatic nitrogens is 1. The number of rotatable bonds is 5. The van der Waals surface area contributed by atoms with E-state index in [1.807, 2.05) is 0 Å². The van der Waals surface area contributed by atoms with Crippen LogP contribution >= 0.6 is 22.9 Å². The van der Waals surface area contributed by atoms with Crippen LogP contribution in [0.3, 0.4) is 0 Å². The first-order chi connectivity index (χ1) is 15.6. The average molecular weight is 491 g/mol. The summed E-state index contributed by atoms with van der Waals surface area (Å²) in [7, 11) is 0. The van der Waals surface area contributed by atoms with Crippen LogP contribution in [0.2, 0.25) is 5.02 Å². The van der Waals surface area contributed by atoms with Gasteiger partial charge < -0.3 is 5.32 Å². The molecule has 0 atom stereocenters. The number of nitriles is 1. The Balaban J connectivity index is 1.88. The highest BCUT2D eigenvalue weighted by Gasteiger charge is 2.33. The van der Waals surface area contributed by atoms with E-state index in [0.717, 1.165) is 29.5 Å². The summed E-state index contributed by atoms with van der Waals surface area (Å²) in [5.41, 5.74) is -1.31. The summed E-state index contributed by atoms with van der Waals surface area (Å²) in [5, 5.41) is 13.7. The summed E-state index contributed by atoms with van der Waals surface area (Å²) in [6.45, 7) is 1.34. The zero-order chi connectivity index (χ0) is 24.2. The standard InChI is InChI=1S/C22H14ClF3N4O2S/c1-13(31)30(17-6-4-5-15(23)10-17)21-28-16(12-33-21)9-14(11-27)20(32)29-19-8-3-2-7-18(19)22(24,25)26/h2-10,12H,1H3,(H,29,32). The highest BCUT2D eigenvalue weighted by Crippen LogP contribution is 2.35. The molecule has 0 fully saturated rings. The van der Waals surface area contributed by atoms with Crippen LogP contribution in [-0.2, 0) is 15.8 Å². The lowest BCUT2D eigenvalue weighted by Gasteiger charge is -2.18. The van der Waals surface area contributed by atoms with E-state index < -0.39 is 28.9 Å². The predicted molar refractivity (Wildman–Crippen MR) is 120 cm³/mol. The third kappa shape index (κ3) is 5.77. The number of carbonyl (C=O) groups excluding carboxylic acids is 2. The number of carbonyl (C=O) groups is 2. The van der Waals surface area contributed by atoms with Crippen LogP contribution in [-0.4, -0.2) is 16.8 Å². The molecule has 0 spiro atoms. The largest absolute Gasteiger partial charge is 0.418 e. The van der Waals surface area contributed by atoms with Gasteiger partial charge >= 0.3 is 6.18 Å². The van der Waals surface area contributed by atoms with Crippen LogP contribution in [0.5, 0.6) is 0 Å². The molecule has 0 aliphatic rings. The highest BCUT2D eigenvalue weighted by molar-refractivity contribution is 7.14. The van der Waals surface area contributed by atoms with Crippen molar-refractivity contribution >= 4 is 57.3 Å². The van der Waals surface area contributed by atoms with Crippen molar-refractivity contribution in [1.29, 1.82) is 5.26 Å². The van der Waals surface area contributed by atoms with E-state index in [4.69, 9.17) is 11.6 Å². The van der Waals surface area contributed by atoms with Crippen LogP contribution in [0.1, 0.15) is 18.2 Å². The minimum Gasteiger partial charge on any atom is -0.321 e. The van der Waals surface area contributed by atoms with Crippen LogP contribution in [0.4, 0.5) is 29.7 Å². The molecule has 1 heterocycles. The molecule has 11 heteroatoms. The Morgan fingerprint density at radius 1 is 1.21 bits per heavy atom. The number of amides is 2. The number of alkyl halides is 3. The third-order valence-corrected chi connectivity index (χ3v) is 5.30. The molecule has 0 aliphatic heterocycles. The lowest BCUT2D eigenvalue weighted by Crippen LogP contribution is -2.22. The van der Waals surface area contributed by atoms with Gasteiger partial charge in [-0.05, 0) is 36.4 Å². The molecular weight excluding hydrogens is 477 g/mol. The molecule has 0 saturated carbocycles. The zero-order valence-corrected chi connectivity index (χ0v) is 18.4. The fourth-order valence-corrected chi connectivity index (χ4v) is 3.84. The smallest absolute Gasteiger partial charge is 0.321 e. The lowest BCUT2D eigenvalue weighted by molar-refractivity contribution is -0.137. The highest BCUT2D eigenvalue weighted by atomic mass is 35.5. The van der Waals surface area contributed by atoms with Gasteiger partial charge in [0.15, 0.2) is 5.13 Å². The number of nitrogens with one attached hydrogen (secondary N) is 1. The van der Waals surface area contributed by atoms with Crippen molar-refractivity contribution < 1.29 is 22.8 Å². The van der Waals surface area contributed by atoms with Crippen LogP contribution in [0.25, 0.3) is 6.08 Å². The second-order valence-corrected chi connectivity index (χ2v) is 7.83. The molecule has 1 aromatic heterocycles. The Morgan fingerprint density at radius 3 is 2.58 bits per heavy atom. The molecule has 33 heavy (non-hydrogen) atoms. The normalized spacial score (nSPS) is 11.6. The SMILES string of the molecule is CC(=O)N(c1cccc(Cl)c1)c1nc(C=C(C#N)C(=O)Nc2ccccc2C(F)(F)F)cs1. The first-order valence-electron chi connectivity index (χ1n) is 9.21. The first-order valence-corrected chi connectivity index (χ1v) is 10.5. The van der Waals surface area contributed by atoms with E-state index in [1.54, 1.807) is 30.3 Å². The van der Waals surface area contributed by atoms with Crippen molar-refractivity contribution in [3.63, 3.8) is 0 Å². The molecule has 168 valence electrons. The zero-order valence-electron chi connectivity index (χ0n) is 16.9. The second-order valence-electron chi connectivity index (χ2n) is 6.56. The molecule has 2 aromatic carbocycles. The number of hydrogen-bond acceptors (Lipinski definition) is 5. The van der Waals surface area contributed by atoms with Gasteiger partial charge in [0.2, 0.25) is 5.91 Å². The maximum Gasteiger partial charge on any atom is 0.418 e. The van der Waals surface area contributed by atoms with Gasteiger partial charge in [0.05, 0.1) is 22.6 Å². The minimum absolute atomic E-state index is 0.180. The molecule has 0 saturated heterocycles. The number of para-hydroxylation sites is 1. The van der Waals surface area contributed by atoms with Gasteiger partial charge in [0.25, 0.3) is 5.91 Å². The van der Waals surface area contributed by atoms with Crippen molar-refractivity contribution in [3.05, 3.63) is 75.8 Å². The molecule has 3 aromatic rings. The summed E-state index contributed by atoms with van der Waals surface area (Å²) >= 11 is 7.08. The molecule has 0 unspecified atom stereocenters. The topological polar surface area (TPSA) is 86.1 Å². The fourth-order valence-electron chi connectivity index (χ4n) is 2.81. The van der Waals surface area contributed by atoms with Crippen molar-refractivity contribution in [3.8, 4) is 6.07 Å². The predicted octanol–water partition coefficient (Wildman–Crippen LogP) is 6.05. The van der Waals surface area contributed by atoms with E-state index in [2.05, 4.69) is 10.3 Å². The van der Waals surface area contributed by atoms with Gasteiger partial charge in [-0.1, -0.05) is 29.8 Å². The average Bonchev–Trinajstić information content (AvgIpc) is 3.19. The number of nitrogens with zero attached hydrogens (tertiary/aromatic N) is 3. The van der Waals surface area contributed by atoms with Gasteiger partial charge in [0.1, 0.15) is 11.6 Å². The van der Waals surface area contributed by atoms with Crippen LogP contribution < -0.4 is 10.2 Å². The number of hydrogen-bond donors (Lipinski definition) is 1. The maximum absolute atomic E-state index is 13.2. The van der Waals surface area contributed by atoms with Crippen molar-refractivity contribution in [2.75, 3.05) is 10.2 Å². The summed E-state index contributed by atoms with van der Waals surface area (Å²) in [6, 6.07) is 12.7. The first kappa shape index (κ1) is 24.0. The van der Waals surface area contributed by atoms with Gasteiger partial charge in [-0.15, -0.1) is 11.3 Å². The molecule has 0 bridgehead atoms. The van der Waals surface area contributed by atoms with E-state index in [9.17, 15) is 28.0 Å².